The molecule has 1 rings (SSSR count). The minimum absolute atomic E-state index is 0.299. The molecule has 0 saturated carbocycles. The molecule has 5 heteroatoms. The lowest BCUT2D eigenvalue weighted by Gasteiger charge is -2.21. The van der Waals surface area contributed by atoms with Crippen molar-refractivity contribution in [2.45, 2.75) is 44.6 Å². The summed E-state index contributed by atoms with van der Waals surface area (Å²) in [7, 11) is -1.95. The van der Waals surface area contributed by atoms with Crippen molar-refractivity contribution in [3.63, 3.8) is 0 Å². The molecular weight excluding hydrogens is 272 g/mol. The zero-order valence-electron chi connectivity index (χ0n) is 12.8. The molecule has 0 saturated heterocycles. The van der Waals surface area contributed by atoms with E-state index >= 15 is 0 Å². The maximum atomic E-state index is 12.1. The average Bonchev–Trinajstić information content (AvgIpc) is 2.38. The van der Waals surface area contributed by atoms with Crippen molar-refractivity contribution < 1.29 is 8.42 Å². The standard InChI is InChI=1S/C15H26N2O2S/c1-5-17-14(10-12(2)3)11-13-8-6-7-9-15(13)20(18,19)16-4/h6-9,12,14,16-17H,5,10-11H2,1-4H3. The van der Waals surface area contributed by atoms with E-state index in [9.17, 15) is 8.42 Å². The fourth-order valence-corrected chi connectivity index (χ4v) is 3.38. The number of hydrogen-bond donors (Lipinski definition) is 2. The van der Waals surface area contributed by atoms with Crippen LogP contribution in [-0.4, -0.2) is 28.1 Å². The van der Waals surface area contributed by atoms with Crippen LogP contribution < -0.4 is 10.0 Å². The normalized spacial score (nSPS) is 13.7. The second kappa shape index (κ2) is 7.76. The summed E-state index contributed by atoms with van der Waals surface area (Å²) in [4.78, 5) is 0.383. The van der Waals surface area contributed by atoms with E-state index in [4.69, 9.17) is 0 Å². The van der Waals surface area contributed by atoms with Gasteiger partial charge in [-0.15, -0.1) is 0 Å². The van der Waals surface area contributed by atoms with Crippen molar-refractivity contribution in [3.8, 4) is 0 Å². The van der Waals surface area contributed by atoms with Crippen LogP contribution in [0.2, 0.25) is 0 Å². The Hall–Kier alpha value is -0.910. The number of sulfonamides is 1. The molecular formula is C15H26N2O2S. The Morgan fingerprint density at radius 1 is 1.20 bits per heavy atom. The van der Waals surface area contributed by atoms with Crippen molar-refractivity contribution >= 4 is 10.0 Å². The molecule has 1 unspecified atom stereocenters. The van der Waals surface area contributed by atoms with Crippen molar-refractivity contribution in [3.05, 3.63) is 29.8 Å². The monoisotopic (exact) mass is 298 g/mol. The smallest absolute Gasteiger partial charge is 0.240 e. The molecule has 0 aliphatic carbocycles. The lowest BCUT2D eigenvalue weighted by atomic mass is 9.97. The van der Waals surface area contributed by atoms with E-state index in [1.165, 1.54) is 7.05 Å². The van der Waals surface area contributed by atoms with Crippen LogP contribution in [0.3, 0.4) is 0 Å². The van der Waals surface area contributed by atoms with E-state index in [1.807, 2.05) is 12.1 Å². The summed E-state index contributed by atoms with van der Waals surface area (Å²) in [5.74, 6) is 0.576. The molecule has 0 bridgehead atoms. The van der Waals surface area contributed by atoms with E-state index in [2.05, 4.69) is 30.8 Å². The molecule has 0 fully saturated rings. The van der Waals surface area contributed by atoms with Crippen molar-refractivity contribution in [1.82, 2.24) is 10.0 Å². The molecule has 1 atom stereocenters. The van der Waals surface area contributed by atoms with E-state index in [0.29, 0.717) is 16.9 Å². The van der Waals surface area contributed by atoms with Crippen LogP contribution in [0.25, 0.3) is 0 Å². The molecule has 0 spiro atoms. The van der Waals surface area contributed by atoms with Crippen molar-refractivity contribution in [2.24, 2.45) is 5.92 Å². The Labute approximate surface area is 123 Å². The Morgan fingerprint density at radius 2 is 1.85 bits per heavy atom. The molecule has 0 aliphatic heterocycles. The van der Waals surface area contributed by atoms with E-state index in [0.717, 1.165) is 24.9 Å². The van der Waals surface area contributed by atoms with Crippen LogP contribution in [0.15, 0.2) is 29.2 Å². The van der Waals surface area contributed by atoms with Crippen LogP contribution in [0.1, 0.15) is 32.8 Å². The predicted molar refractivity (Wildman–Crippen MR) is 83.3 cm³/mol. The number of hydrogen-bond acceptors (Lipinski definition) is 3. The Bertz CT molecular complexity index is 512. The zero-order valence-corrected chi connectivity index (χ0v) is 13.6. The number of benzene rings is 1. The van der Waals surface area contributed by atoms with Crippen LogP contribution in [0.4, 0.5) is 0 Å². The third-order valence-electron chi connectivity index (χ3n) is 3.25. The first-order valence-corrected chi connectivity index (χ1v) is 8.63. The number of rotatable bonds is 8. The summed E-state index contributed by atoms with van der Waals surface area (Å²) in [5, 5.41) is 3.44. The van der Waals surface area contributed by atoms with Gasteiger partial charge >= 0.3 is 0 Å². The molecule has 4 nitrogen and oxygen atoms in total. The largest absolute Gasteiger partial charge is 0.314 e. The van der Waals surface area contributed by atoms with Gasteiger partial charge < -0.3 is 5.32 Å². The minimum atomic E-state index is -3.40. The van der Waals surface area contributed by atoms with Gasteiger partial charge in [-0.2, -0.15) is 0 Å². The molecule has 114 valence electrons. The molecule has 1 aromatic carbocycles. The highest BCUT2D eigenvalue weighted by molar-refractivity contribution is 7.89. The highest BCUT2D eigenvalue weighted by atomic mass is 32.2. The summed E-state index contributed by atoms with van der Waals surface area (Å²) < 4.78 is 26.5. The van der Waals surface area contributed by atoms with Crippen LogP contribution in [0, 0.1) is 5.92 Å². The first kappa shape index (κ1) is 17.1. The van der Waals surface area contributed by atoms with Gasteiger partial charge in [0.25, 0.3) is 0 Å². The average molecular weight is 298 g/mol. The first-order valence-electron chi connectivity index (χ1n) is 7.15. The van der Waals surface area contributed by atoms with Gasteiger partial charge in [0, 0.05) is 6.04 Å². The molecule has 0 aromatic heterocycles. The summed E-state index contributed by atoms with van der Waals surface area (Å²) in [5.41, 5.74) is 0.869. The van der Waals surface area contributed by atoms with E-state index in [1.54, 1.807) is 12.1 Å². The maximum absolute atomic E-state index is 12.1. The molecule has 0 aliphatic rings. The van der Waals surface area contributed by atoms with Gasteiger partial charge in [0.15, 0.2) is 0 Å². The van der Waals surface area contributed by atoms with Gasteiger partial charge in [-0.3, -0.25) is 0 Å². The molecule has 1 aromatic rings. The summed E-state index contributed by atoms with van der Waals surface area (Å²) in [6.07, 6.45) is 1.75. The highest BCUT2D eigenvalue weighted by Gasteiger charge is 2.19. The van der Waals surface area contributed by atoms with Crippen molar-refractivity contribution in [2.75, 3.05) is 13.6 Å². The van der Waals surface area contributed by atoms with Crippen LogP contribution >= 0.6 is 0 Å². The topological polar surface area (TPSA) is 58.2 Å². The van der Waals surface area contributed by atoms with Crippen LogP contribution in [-0.2, 0) is 16.4 Å². The van der Waals surface area contributed by atoms with Gasteiger partial charge in [0.05, 0.1) is 4.90 Å². The Morgan fingerprint density at radius 3 is 2.40 bits per heavy atom. The predicted octanol–water partition coefficient (Wildman–Crippen LogP) is 2.16. The summed E-state index contributed by atoms with van der Waals surface area (Å²) in [6, 6.07) is 7.52. The summed E-state index contributed by atoms with van der Waals surface area (Å²) in [6.45, 7) is 7.32. The molecule has 0 amide bonds. The third kappa shape index (κ3) is 4.89. The van der Waals surface area contributed by atoms with Crippen molar-refractivity contribution in [1.29, 1.82) is 0 Å². The fourth-order valence-electron chi connectivity index (χ4n) is 2.41. The van der Waals surface area contributed by atoms with E-state index < -0.39 is 10.0 Å². The Balaban J connectivity index is 3.01. The summed E-state index contributed by atoms with van der Waals surface area (Å²) >= 11 is 0. The van der Waals surface area contributed by atoms with Gasteiger partial charge in [-0.05, 0) is 44.0 Å². The fraction of sp³-hybridized carbons (Fsp3) is 0.600. The Kier molecular flexibility index (Phi) is 6.65. The number of likely N-dealkylation sites (N-methyl/N-ethyl adjacent to an activating group) is 1. The van der Waals surface area contributed by atoms with E-state index in [-0.39, 0.29) is 0 Å². The van der Waals surface area contributed by atoms with Gasteiger partial charge in [-0.1, -0.05) is 39.0 Å². The third-order valence-corrected chi connectivity index (χ3v) is 4.76. The quantitative estimate of drug-likeness (QED) is 0.773. The molecule has 2 N–H and O–H groups in total. The van der Waals surface area contributed by atoms with Crippen LogP contribution in [0.5, 0.6) is 0 Å². The zero-order chi connectivity index (χ0) is 15.2. The van der Waals surface area contributed by atoms with Gasteiger partial charge in [-0.25, -0.2) is 13.1 Å². The lowest BCUT2D eigenvalue weighted by Crippen LogP contribution is -2.33. The van der Waals surface area contributed by atoms with Gasteiger partial charge in [0.2, 0.25) is 10.0 Å². The second-order valence-electron chi connectivity index (χ2n) is 5.40. The van der Waals surface area contributed by atoms with Gasteiger partial charge in [0.1, 0.15) is 0 Å². The highest BCUT2D eigenvalue weighted by Crippen LogP contribution is 2.19. The maximum Gasteiger partial charge on any atom is 0.240 e. The molecule has 20 heavy (non-hydrogen) atoms. The molecule has 0 radical (unpaired) electrons. The minimum Gasteiger partial charge on any atom is -0.314 e. The lowest BCUT2D eigenvalue weighted by molar-refractivity contribution is 0.422. The number of nitrogens with one attached hydrogen (secondary N) is 2. The first-order chi connectivity index (χ1) is 9.40. The molecule has 0 heterocycles. The second-order valence-corrected chi connectivity index (χ2v) is 7.26. The SMILES string of the molecule is CCNC(Cc1ccccc1S(=O)(=O)NC)CC(C)C.